The van der Waals surface area contributed by atoms with E-state index in [-0.39, 0.29) is 0 Å². The average Bonchev–Trinajstić information content (AvgIpc) is 2.35. The smallest absolute Gasteiger partial charge is 0.00664 e. The summed E-state index contributed by atoms with van der Waals surface area (Å²) in [5.74, 6) is 1.65. The van der Waals surface area contributed by atoms with Crippen LogP contribution < -0.4 is 5.32 Å². The number of nitrogens with one attached hydrogen (secondary N) is 1. The summed E-state index contributed by atoms with van der Waals surface area (Å²) in [5, 5.41) is 3.42. The first-order chi connectivity index (χ1) is 8.63. The molecule has 2 unspecified atom stereocenters. The Morgan fingerprint density at radius 2 is 1.28 bits per heavy atom. The van der Waals surface area contributed by atoms with Crippen LogP contribution in [0.2, 0.25) is 0 Å². The van der Waals surface area contributed by atoms with E-state index < -0.39 is 0 Å². The van der Waals surface area contributed by atoms with E-state index in [1.165, 1.54) is 57.8 Å². The molecule has 110 valence electrons. The van der Waals surface area contributed by atoms with Gasteiger partial charge in [-0.1, -0.05) is 72.1 Å². The third-order valence-electron chi connectivity index (χ3n) is 4.34. The monoisotopic (exact) mass is 255 g/mol. The highest BCUT2D eigenvalue weighted by molar-refractivity contribution is 4.73. The van der Waals surface area contributed by atoms with Crippen molar-refractivity contribution in [3.63, 3.8) is 0 Å². The summed E-state index contributed by atoms with van der Waals surface area (Å²) in [7, 11) is 2.09. The molecule has 0 spiro atoms. The molecule has 0 aromatic rings. The molecule has 0 aliphatic heterocycles. The highest BCUT2D eigenvalue weighted by atomic mass is 14.9. The molecule has 0 rings (SSSR count). The minimum absolute atomic E-state index is 0.662. The minimum atomic E-state index is 0.662. The second kappa shape index (κ2) is 12.0. The maximum absolute atomic E-state index is 3.42. The van der Waals surface area contributed by atoms with Gasteiger partial charge < -0.3 is 5.32 Å². The summed E-state index contributed by atoms with van der Waals surface area (Å²) < 4.78 is 0. The van der Waals surface area contributed by atoms with Crippen molar-refractivity contribution in [3.8, 4) is 0 Å². The lowest BCUT2D eigenvalue weighted by Crippen LogP contribution is -2.33. The van der Waals surface area contributed by atoms with Gasteiger partial charge in [-0.05, 0) is 32.2 Å². The molecular weight excluding hydrogens is 218 g/mol. The third kappa shape index (κ3) is 8.97. The van der Waals surface area contributed by atoms with E-state index in [1.807, 2.05) is 0 Å². The molecule has 1 nitrogen and oxygen atoms in total. The van der Waals surface area contributed by atoms with E-state index in [1.54, 1.807) is 0 Å². The first-order valence-corrected chi connectivity index (χ1v) is 8.30. The van der Waals surface area contributed by atoms with E-state index in [9.17, 15) is 0 Å². The van der Waals surface area contributed by atoms with Gasteiger partial charge in [-0.3, -0.25) is 0 Å². The maximum atomic E-state index is 3.42. The second-order valence-corrected chi connectivity index (χ2v) is 6.25. The Morgan fingerprint density at radius 3 is 1.72 bits per heavy atom. The zero-order chi connectivity index (χ0) is 13.8. The molecule has 0 aromatic carbocycles. The second-order valence-electron chi connectivity index (χ2n) is 6.25. The zero-order valence-electron chi connectivity index (χ0n) is 13.6. The molecule has 1 heteroatoms. The van der Waals surface area contributed by atoms with E-state index in [4.69, 9.17) is 0 Å². The van der Waals surface area contributed by atoms with Crippen molar-refractivity contribution in [1.29, 1.82) is 0 Å². The van der Waals surface area contributed by atoms with Crippen LogP contribution in [0.25, 0.3) is 0 Å². The SMILES string of the molecule is CCCCCCCCCCC(C(C)C)C(C)NC. The molecule has 0 saturated carbocycles. The van der Waals surface area contributed by atoms with Gasteiger partial charge in [-0.25, -0.2) is 0 Å². The maximum Gasteiger partial charge on any atom is 0.00664 e. The lowest BCUT2D eigenvalue weighted by atomic mass is 9.85. The number of unbranched alkanes of at least 4 members (excludes halogenated alkanes) is 7. The Labute approximate surface area is 116 Å². The lowest BCUT2D eigenvalue weighted by molar-refractivity contribution is 0.275. The Hall–Kier alpha value is -0.0400. The first kappa shape index (κ1) is 18.0. The van der Waals surface area contributed by atoms with Crippen LogP contribution in [0.3, 0.4) is 0 Å². The largest absolute Gasteiger partial charge is 0.317 e. The van der Waals surface area contributed by atoms with Gasteiger partial charge in [0.1, 0.15) is 0 Å². The first-order valence-electron chi connectivity index (χ1n) is 8.30. The van der Waals surface area contributed by atoms with Gasteiger partial charge in [0, 0.05) is 6.04 Å². The molecule has 18 heavy (non-hydrogen) atoms. The molecule has 2 atom stereocenters. The summed E-state index contributed by atoms with van der Waals surface area (Å²) >= 11 is 0. The fourth-order valence-electron chi connectivity index (χ4n) is 2.89. The molecule has 0 fully saturated rings. The van der Waals surface area contributed by atoms with E-state index in [0.29, 0.717) is 6.04 Å². The summed E-state index contributed by atoms with van der Waals surface area (Å²) in [6, 6.07) is 0.662. The van der Waals surface area contributed by atoms with Crippen LogP contribution in [-0.2, 0) is 0 Å². The van der Waals surface area contributed by atoms with Gasteiger partial charge in [-0.15, -0.1) is 0 Å². The molecule has 0 heterocycles. The number of hydrogen-bond donors (Lipinski definition) is 1. The predicted molar refractivity (Wildman–Crippen MR) is 84.1 cm³/mol. The van der Waals surface area contributed by atoms with Gasteiger partial charge in [0.25, 0.3) is 0 Å². The molecular formula is C17H37N. The van der Waals surface area contributed by atoms with Crippen molar-refractivity contribution >= 4 is 0 Å². The fraction of sp³-hybridized carbons (Fsp3) is 1.00. The van der Waals surface area contributed by atoms with Crippen molar-refractivity contribution in [2.45, 2.75) is 91.5 Å². The number of hydrogen-bond acceptors (Lipinski definition) is 1. The molecule has 0 amide bonds. The van der Waals surface area contributed by atoms with Crippen molar-refractivity contribution < 1.29 is 0 Å². The predicted octanol–water partition coefficient (Wildman–Crippen LogP) is 5.40. The standard InChI is InChI=1S/C17H37N/c1-6-7-8-9-10-11-12-13-14-17(15(2)3)16(4)18-5/h15-18H,6-14H2,1-5H3. The van der Waals surface area contributed by atoms with E-state index in [2.05, 4.69) is 40.1 Å². The normalized spacial score (nSPS) is 15.0. The van der Waals surface area contributed by atoms with Gasteiger partial charge in [0.2, 0.25) is 0 Å². The molecule has 0 saturated heterocycles. The topological polar surface area (TPSA) is 12.0 Å². The van der Waals surface area contributed by atoms with Crippen LogP contribution in [0.15, 0.2) is 0 Å². The Bertz CT molecular complexity index is 165. The summed E-state index contributed by atoms with van der Waals surface area (Å²) in [4.78, 5) is 0. The third-order valence-corrected chi connectivity index (χ3v) is 4.34. The van der Waals surface area contributed by atoms with E-state index >= 15 is 0 Å². The van der Waals surface area contributed by atoms with Crippen molar-refractivity contribution in [2.24, 2.45) is 11.8 Å². The fourth-order valence-corrected chi connectivity index (χ4v) is 2.89. The molecule has 0 aromatic heterocycles. The van der Waals surface area contributed by atoms with Crippen molar-refractivity contribution in [1.82, 2.24) is 5.32 Å². The molecule has 0 bridgehead atoms. The quantitative estimate of drug-likeness (QED) is 0.461. The Morgan fingerprint density at radius 1 is 0.778 bits per heavy atom. The minimum Gasteiger partial charge on any atom is -0.317 e. The highest BCUT2D eigenvalue weighted by Crippen LogP contribution is 2.22. The highest BCUT2D eigenvalue weighted by Gasteiger charge is 2.18. The van der Waals surface area contributed by atoms with Crippen molar-refractivity contribution in [3.05, 3.63) is 0 Å². The van der Waals surface area contributed by atoms with Gasteiger partial charge in [-0.2, -0.15) is 0 Å². The van der Waals surface area contributed by atoms with Crippen LogP contribution >= 0.6 is 0 Å². The van der Waals surface area contributed by atoms with Crippen LogP contribution in [0.4, 0.5) is 0 Å². The Balaban J connectivity index is 3.50. The van der Waals surface area contributed by atoms with Crippen LogP contribution in [0, 0.1) is 11.8 Å². The summed E-state index contributed by atoms with van der Waals surface area (Å²) in [6.07, 6.45) is 12.8. The molecule has 1 N–H and O–H groups in total. The summed E-state index contributed by atoms with van der Waals surface area (Å²) in [5.41, 5.74) is 0. The van der Waals surface area contributed by atoms with E-state index in [0.717, 1.165) is 11.8 Å². The van der Waals surface area contributed by atoms with Gasteiger partial charge >= 0.3 is 0 Å². The molecule has 0 aliphatic carbocycles. The van der Waals surface area contributed by atoms with Crippen LogP contribution in [-0.4, -0.2) is 13.1 Å². The van der Waals surface area contributed by atoms with Crippen LogP contribution in [0.1, 0.15) is 85.5 Å². The van der Waals surface area contributed by atoms with Crippen molar-refractivity contribution in [2.75, 3.05) is 7.05 Å². The van der Waals surface area contributed by atoms with Gasteiger partial charge in [0.15, 0.2) is 0 Å². The zero-order valence-corrected chi connectivity index (χ0v) is 13.6. The van der Waals surface area contributed by atoms with Crippen LogP contribution in [0.5, 0.6) is 0 Å². The average molecular weight is 255 g/mol. The van der Waals surface area contributed by atoms with Gasteiger partial charge in [0.05, 0.1) is 0 Å². The summed E-state index contributed by atoms with van der Waals surface area (Å²) in [6.45, 7) is 9.34. The Kier molecular flexibility index (Phi) is 12.0. The number of rotatable bonds is 12. The molecule has 0 aliphatic rings. The molecule has 0 radical (unpaired) electrons. The lowest BCUT2D eigenvalue weighted by Gasteiger charge is -2.27.